The van der Waals surface area contributed by atoms with E-state index in [0.29, 0.717) is 0 Å². The van der Waals surface area contributed by atoms with Gasteiger partial charge < -0.3 is 14.4 Å². The van der Waals surface area contributed by atoms with E-state index in [1.165, 1.54) is 31.1 Å². The zero-order valence-corrected chi connectivity index (χ0v) is 12.8. The Hall–Kier alpha value is -1.78. The average molecular weight is 285 g/mol. The minimum absolute atomic E-state index is 0.926. The summed E-state index contributed by atoms with van der Waals surface area (Å²) in [6.45, 7) is 7.58. The van der Waals surface area contributed by atoms with Crippen molar-refractivity contribution in [2.24, 2.45) is 0 Å². The van der Waals surface area contributed by atoms with Crippen molar-refractivity contribution >= 4 is 22.8 Å². The first kappa shape index (κ1) is 12.9. The van der Waals surface area contributed by atoms with Gasteiger partial charge in [-0.3, -0.25) is 0 Å². The Kier molecular flexibility index (Phi) is 3.20. The molecule has 0 amide bonds. The summed E-state index contributed by atoms with van der Waals surface area (Å²) in [7, 11) is 0. The summed E-state index contributed by atoms with van der Waals surface area (Å²) in [5.41, 5.74) is 1.09. The smallest absolute Gasteiger partial charge is 0.229 e. The molecule has 0 unspecified atom stereocenters. The largest absolute Gasteiger partial charge is 0.356 e. The number of fused-ring (bicyclic) bond motifs is 1. The van der Waals surface area contributed by atoms with Gasteiger partial charge in [0.1, 0.15) is 11.5 Å². The molecule has 0 atom stereocenters. The zero-order valence-electron chi connectivity index (χ0n) is 12.8. The maximum atomic E-state index is 4.94. The van der Waals surface area contributed by atoms with Crippen LogP contribution >= 0.6 is 0 Å². The predicted octanol–water partition coefficient (Wildman–Crippen LogP) is 2.65. The minimum Gasteiger partial charge on any atom is -0.356 e. The second-order valence-electron chi connectivity index (χ2n) is 6.07. The van der Waals surface area contributed by atoms with Crippen molar-refractivity contribution in [1.29, 1.82) is 0 Å². The van der Waals surface area contributed by atoms with Crippen molar-refractivity contribution in [3.8, 4) is 0 Å². The van der Waals surface area contributed by atoms with Gasteiger partial charge in [0.05, 0.1) is 5.39 Å². The molecule has 5 heteroatoms. The molecule has 0 aromatic carbocycles. The topological polar surface area (TPSA) is 37.2 Å². The molecule has 2 aromatic rings. The monoisotopic (exact) mass is 285 g/mol. The SMILES string of the molecule is CCn1ccc2c(N3CCCC3)nc(N3CCCC3)nc21. The second-order valence-corrected chi connectivity index (χ2v) is 6.07. The summed E-state index contributed by atoms with van der Waals surface area (Å²) in [6.07, 6.45) is 7.22. The van der Waals surface area contributed by atoms with E-state index >= 15 is 0 Å². The Morgan fingerprint density at radius 3 is 2.29 bits per heavy atom. The van der Waals surface area contributed by atoms with Crippen LogP contribution in [0.4, 0.5) is 11.8 Å². The highest BCUT2D eigenvalue weighted by Gasteiger charge is 2.22. The first-order chi connectivity index (χ1) is 10.4. The maximum Gasteiger partial charge on any atom is 0.229 e. The molecule has 4 rings (SSSR count). The summed E-state index contributed by atoms with van der Waals surface area (Å²) < 4.78 is 2.23. The van der Waals surface area contributed by atoms with E-state index in [4.69, 9.17) is 9.97 Å². The third-order valence-corrected chi connectivity index (χ3v) is 4.72. The van der Waals surface area contributed by atoms with Gasteiger partial charge in [-0.15, -0.1) is 0 Å². The highest BCUT2D eigenvalue weighted by Crippen LogP contribution is 2.30. The van der Waals surface area contributed by atoms with Gasteiger partial charge in [-0.05, 0) is 38.7 Å². The first-order valence-corrected chi connectivity index (χ1v) is 8.23. The summed E-state index contributed by atoms with van der Waals surface area (Å²) in [4.78, 5) is 14.6. The Bertz CT molecular complexity index is 635. The Labute approximate surface area is 125 Å². The number of rotatable bonds is 3. The van der Waals surface area contributed by atoms with E-state index in [9.17, 15) is 0 Å². The highest BCUT2D eigenvalue weighted by molar-refractivity contribution is 5.89. The molecule has 4 heterocycles. The third kappa shape index (κ3) is 2.15. The summed E-state index contributed by atoms with van der Waals surface area (Å²) in [5.74, 6) is 2.07. The van der Waals surface area contributed by atoms with Gasteiger partial charge in [0.15, 0.2) is 0 Å². The quantitative estimate of drug-likeness (QED) is 0.869. The standard InChI is InChI=1S/C16H23N5/c1-2-19-12-7-13-14(19)17-16(21-10-5-6-11-21)18-15(13)20-8-3-4-9-20/h7,12H,2-6,8-11H2,1H3. The molecule has 2 aliphatic heterocycles. The summed E-state index contributed by atoms with van der Waals surface area (Å²) in [6, 6.07) is 2.18. The molecule has 2 saturated heterocycles. The number of hydrogen-bond donors (Lipinski definition) is 0. The number of aromatic nitrogens is 3. The summed E-state index contributed by atoms with van der Waals surface area (Å²) >= 11 is 0. The van der Waals surface area contributed by atoms with Crippen LogP contribution in [0.5, 0.6) is 0 Å². The highest BCUT2D eigenvalue weighted by atomic mass is 15.3. The van der Waals surface area contributed by atoms with Crippen LogP contribution in [0.2, 0.25) is 0 Å². The fraction of sp³-hybridized carbons (Fsp3) is 0.625. The van der Waals surface area contributed by atoms with Gasteiger partial charge in [-0.25, -0.2) is 0 Å². The van der Waals surface area contributed by atoms with Crippen LogP contribution in [-0.2, 0) is 6.54 Å². The van der Waals surface area contributed by atoms with Gasteiger partial charge in [0.2, 0.25) is 5.95 Å². The Morgan fingerprint density at radius 2 is 1.62 bits per heavy atom. The number of anilines is 2. The fourth-order valence-corrected chi connectivity index (χ4v) is 3.52. The number of nitrogens with zero attached hydrogens (tertiary/aromatic N) is 5. The number of aryl methyl sites for hydroxylation is 1. The molecular weight excluding hydrogens is 262 g/mol. The van der Waals surface area contributed by atoms with Crippen molar-refractivity contribution < 1.29 is 0 Å². The first-order valence-electron chi connectivity index (χ1n) is 8.23. The van der Waals surface area contributed by atoms with Crippen molar-refractivity contribution in [2.45, 2.75) is 39.2 Å². The molecule has 0 spiro atoms. The van der Waals surface area contributed by atoms with Crippen molar-refractivity contribution in [3.05, 3.63) is 12.3 Å². The van der Waals surface area contributed by atoms with Crippen LogP contribution in [0, 0.1) is 0 Å². The van der Waals surface area contributed by atoms with Crippen molar-refractivity contribution in [2.75, 3.05) is 36.0 Å². The van der Waals surface area contributed by atoms with E-state index < -0.39 is 0 Å². The third-order valence-electron chi connectivity index (χ3n) is 4.72. The Morgan fingerprint density at radius 1 is 0.952 bits per heavy atom. The van der Waals surface area contributed by atoms with Crippen LogP contribution in [0.1, 0.15) is 32.6 Å². The number of hydrogen-bond acceptors (Lipinski definition) is 4. The molecule has 2 aliphatic rings. The van der Waals surface area contributed by atoms with E-state index in [0.717, 1.165) is 50.1 Å². The van der Waals surface area contributed by atoms with E-state index in [1.54, 1.807) is 0 Å². The molecular formula is C16H23N5. The van der Waals surface area contributed by atoms with E-state index in [2.05, 4.69) is 33.6 Å². The Balaban J connectivity index is 1.86. The zero-order chi connectivity index (χ0) is 14.2. The van der Waals surface area contributed by atoms with Gasteiger partial charge in [0, 0.05) is 38.9 Å². The van der Waals surface area contributed by atoms with E-state index in [-0.39, 0.29) is 0 Å². The van der Waals surface area contributed by atoms with Crippen LogP contribution < -0.4 is 9.80 Å². The normalized spacial score (nSPS) is 19.1. The molecule has 0 aliphatic carbocycles. The van der Waals surface area contributed by atoms with Gasteiger partial charge in [-0.1, -0.05) is 0 Å². The van der Waals surface area contributed by atoms with Crippen molar-refractivity contribution in [3.63, 3.8) is 0 Å². The second kappa shape index (κ2) is 5.20. The molecule has 21 heavy (non-hydrogen) atoms. The molecule has 0 radical (unpaired) electrons. The molecule has 112 valence electrons. The van der Waals surface area contributed by atoms with Crippen LogP contribution in [0.3, 0.4) is 0 Å². The molecule has 2 fully saturated rings. The molecule has 5 nitrogen and oxygen atoms in total. The van der Waals surface area contributed by atoms with Crippen LogP contribution in [0.25, 0.3) is 11.0 Å². The lowest BCUT2D eigenvalue weighted by Crippen LogP contribution is -2.24. The predicted molar refractivity (Wildman–Crippen MR) is 86.1 cm³/mol. The lowest BCUT2D eigenvalue weighted by atomic mass is 10.3. The summed E-state index contributed by atoms with van der Waals surface area (Å²) in [5, 5.41) is 1.21. The van der Waals surface area contributed by atoms with Crippen molar-refractivity contribution in [1.82, 2.24) is 14.5 Å². The lowest BCUT2D eigenvalue weighted by Gasteiger charge is -2.21. The molecule has 0 saturated carbocycles. The van der Waals surface area contributed by atoms with E-state index in [1.807, 2.05) is 0 Å². The van der Waals surface area contributed by atoms with Crippen LogP contribution in [-0.4, -0.2) is 40.7 Å². The van der Waals surface area contributed by atoms with Gasteiger partial charge in [-0.2, -0.15) is 9.97 Å². The van der Waals surface area contributed by atoms with Crippen LogP contribution in [0.15, 0.2) is 12.3 Å². The average Bonchev–Trinajstić information content (AvgIpc) is 3.25. The minimum atomic E-state index is 0.926. The fourth-order valence-electron chi connectivity index (χ4n) is 3.52. The lowest BCUT2D eigenvalue weighted by molar-refractivity contribution is 0.782. The molecule has 2 aromatic heterocycles. The maximum absolute atomic E-state index is 4.94. The molecule has 0 N–H and O–H groups in total. The molecule has 0 bridgehead atoms. The van der Waals surface area contributed by atoms with Gasteiger partial charge >= 0.3 is 0 Å². The van der Waals surface area contributed by atoms with Gasteiger partial charge in [0.25, 0.3) is 0 Å².